The van der Waals surface area contributed by atoms with Crippen molar-refractivity contribution >= 4 is 39.9 Å². The number of hydrogen-bond acceptors (Lipinski definition) is 7. The number of ether oxygens (including phenoxy) is 3. The molecule has 0 bridgehead atoms. The van der Waals surface area contributed by atoms with Gasteiger partial charge in [0.25, 0.3) is 0 Å². The summed E-state index contributed by atoms with van der Waals surface area (Å²) in [4.78, 5) is 23.8. The van der Waals surface area contributed by atoms with Gasteiger partial charge in [-0.2, -0.15) is 0 Å². The lowest BCUT2D eigenvalue weighted by molar-refractivity contribution is -0.116. The molecule has 8 nitrogen and oxygen atoms in total. The number of benzene rings is 3. The van der Waals surface area contributed by atoms with Gasteiger partial charge in [0, 0.05) is 36.5 Å². The normalized spacial score (nSPS) is 14.8. The molecule has 0 radical (unpaired) electrons. The van der Waals surface area contributed by atoms with E-state index in [1.54, 1.807) is 27.7 Å². The Balaban J connectivity index is 1.62. The number of carbonyl (C=O) groups excluding carboxylic acids is 1. The number of nitrogens with one attached hydrogen (secondary N) is 1. The van der Waals surface area contributed by atoms with Gasteiger partial charge in [-0.3, -0.25) is 4.79 Å². The van der Waals surface area contributed by atoms with Crippen molar-refractivity contribution in [3.8, 4) is 17.2 Å². The average Bonchev–Trinajstić information content (AvgIpc) is 3.17. The van der Waals surface area contributed by atoms with Crippen molar-refractivity contribution < 1.29 is 19.0 Å². The lowest BCUT2D eigenvalue weighted by Crippen LogP contribution is -2.29. The molecular weight excluding hydrogens is 528 g/mol. The highest BCUT2D eigenvalue weighted by Gasteiger charge is 2.30. The molecule has 5 rings (SSSR count). The Morgan fingerprint density at radius 1 is 1.05 bits per heavy atom. The molecule has 0 saturated heterocycles. The molecule has 2 heterocycles. The first-order valence-electron chi connectivity index (χ1n) is 13.3. The summed E-state index contributed by atoms with van der Waals surface area (Å²) in [7, 11) is 4.88. The van der Waals surface area contributed by atoms with Crippen LogP contribution in [0.3, 0.4) is 0 Å². The number of hydrogen-bond donors (Lipinski definition) is 1. The molecule has 1 aliphatic heterocycles. The van der Waals surface area contributed by atoms with Crippen LogP contribution in [0.2, 0.25) is 5.02 Å². The highest BCUT2D eigenvalue weighted by atomic mass is 35.5. The number of fused-ring (bicyclic) bond motifs is 2. The van der Waals surface area contributed by atoms with Crippen LogP contribution in [-0.2, 0) is 11.2 Å². The van der Waals surface area contributed by atoms with Gasteiger partial charge in [-0.1, -0.05) is 30.7 Å². The maximum Gasteiger partial charge on any atom is 0.224 e. The zero-order valence-electron chi connectivity index (χ0n) is 23.2. The minimum atomic E-state index is -0.0434. The molecule has 3 aromatic carbocycles. The Hall–Kier alpha value is -4.04. The highest BCUT2D eigenvalue weighted by molar-refractivity contribution is 6.33. The predicted octanol–water partition coefficient (Wildman–Crippen LogP) is 6.24. The maximum absolute atomic E-state index is 12.3. The molecule has 1 atom stereocenters. The van der Waals surface area contributed by atoms with Crippen LogP contribution in [0.25, 0.3) is 10.9 Å². The summed E-state index contributed by atoms with van der Waals surface area (Å²) in [6.45, 7) is 3.30. The molecule has 1 aliphatic rings. The number of nitrogens with zero attached hydrogens (tertiary/aromatic N) is 3. The molecule has 1 aromatic heterocycles. The standard InChI is InChI=1S/C31H33ClN4O4/c1-5-6-28(37)35-20-9-12-26-24(15-20)31(34-18-33-26)36-14-13-22-23(16-27(39-3)30(40-4)29(22)32)25(17-36)19-7-10-21(38-2)11-8-19/h7-12,15-16,18,25H,5-6,13-14,17H2,1-4H3,(H,35,37). The van der Waals surface area contributed by atoms with Crippen molar-refractivity contribution in [1.82, 2.24) is 9.97 Å². The highest BCUT2D eigenvalue weighted by Crippen LogP contribution is 2.45. The molecule has 40 heavy (non-hydrogen) atoms. The zero-order valence-corrected chi connectivity index (χ0v) is 23.9. The summed E-state index contributed by atoms with van der Waals surface area (Å²) < 4.78 is 16.7. The lowest BCUT2D eigenvalue weighted by Gasteiger charge is -2.27. The van der Waals surface area contributed by atoms with Crippen LogP contribution < -0.4 is 24.4 Å². The van der Waals surface area contributed by atoms with Crippen molar-refractivity contribution in [3.05, 3.63) is 76.6 Å². The molecule has 1 N–H and O–H groups in total. The first-order chi connectivity index (χ1) is 19.5. The number of carbonyl (C=O) groups is 1. The maximum atomic E-state index is 12.3. The van der Waals surface area contributed by atoms with E-state index in [1.807, 2.05) is 43.3 Å². The summed E-state index contributed by atoms with van der Waals surface area (Å²) in [6.07, 6.45) is 3.52. The Kier molecular flexibility index (Phi) is 8.26. The molecule has 208 valence electrons. The molecular formula is C31H33ClN4O4. The molecule has 0 spiro atoms. The van der Waals surface area contributed by atoms with Gasteiger partial charge in [-0.25, -0.2) is 9.97 Å². The van der Waals surface area contributed by atoms with Gasteiger partial charge in [-0.05, 0) is 65.9 Å². The van der Waals surface area contributed by atoms with Crippen molar-refractivity contribution in [1.29, 1.82) is 0 Å². The quantitative estimate of drug-likeness (QED) is 0.273. The van der Waals surface area contributed by atoms with Crippen LogP contribution in [0.4, 0.5) is 11.5 Å². The van der Waals surface area contributed by atoms with E-state index in [2.05, 4.69) is 27.3 Å². The fourth-order valence-electron chi connectivity index (χ4n) is 5.37. The van der Waals surface area contributed by atoms with E-state index in [4.69, 9.17) is 30.8 Å². The van der Waals surface area contributed by atoms with Gasteiger partial charge >= 0.3 is 0 Å². The summed E-state index contributed by atoms with van der Waals surface area (Å²) in [5.74, 6) is 2.67. The first kappa shape index (κ1) is 27.5. The van der Waals surface area contributed by atoms with E-state index in [0.29, 0.717) is 42.5 Å². The van der Waals surface area contributed by atoms with Gasteiger partial charge in [0.15, 0.2) is 11.5 Å². The molecule has 0 saturated carbocycles. The molecule has 0 aliphatic carbocycles. The van der Waals surface area contributed by atoms with Crippen LogP contribution in [0, 0.1) is 0 Å². The fourth-order valence-corrected chi connectivity index (χ4v) is 5.74. The number of rotatable bonds is 8. The second-order valence-corrected chi connectivity index (χ2v) is 10.1. The second kappa shape index (κ2) is 12.0. The monoisotopic (exact) mass is 560 g/mol. The Labute approximate surface area is 239 Å². The summed E-state index contributed by atoms with van der Waals surface area (Å²) in [6, 6.07) is 15.9. The summed E-state index contributed by atoms with van der Waals surface area (Å²) >= 11 is 6.96. The van der Waals surface area contributed by atoms with Gasteiger partial charge in [0.1, 0.15) is 17.9 Å². The van der Waals surface area contributed by atoms with Crippen molar-refractivity contribution in [3.63, 3.8) is 0 Å². The summed E-state index contributed by atoms with van der Waals surface area (Å²) in [5.41, 5.74) is 4.75. The molecule has 0 fully saturated rings. The molecule has 9 heteroatoms. The number of methoxy groups -OCH3 is 3. The number of aromatic nitrogens is 2. The number of halogens is 1. The van der Waals surface area contributed by atoms with Crippen LogP contribution in [0.15, 0.2) is 54.9 Å². The second-order valence-electron chi connectivity index (χ2n) is 9.74. The average molecular weight is 561 g/mol. The largest absolute Gasteiger partial charge is 0.497 e. The van der Waals surface area contributed by atoms with E-state index >= 15 is 0 Å². The third-order valence-corrected chi connectivity index (χ3v) is 7.75. The summed E-state index contributed by atoms with van der Waals surface area (Å²) in [5, 5.41) is 4.43. The third-order valence-electron chi connectivity index (χ3n) is 7.35. The minimum Gasteiger partial charge on any atom is -0.497 e. The first-order valence-corrected chi connectivity index (χ1v) is 13.7. The Bertz CT molecular complexity index is 1530. The predicted molar refractivity (Wildman–Crippen MR) is 158 cm³/mol. The Morgan fingerprint density at radius 2 is 1.85 bits per heavy atom. The van der Waals surface area contributed by atoms with Crippen molar-refractivity contribution in [2.75, 3.05) is 44.6 Å². The SMILES string of the molecule is CCCC(=O)Nc1ccc2ncnc(N3CCc4c(cc(OC)c(OC)c4Cl)C(c4ccc(OC)cc4)C3)c2c1. The number of amides is 1. The zero-order chi connectivity index (χ0) is 28.2. The van der Waals surface area contributed by atoms with Crippen LogP contribution >= 0.6 is 11.6 Å². The van der Waals surface area contributed by atoms with Gasteiger partial charge in [0.2, 0.25) is 5.91 Å². The fraction of sp³-hybridized carbons (Fsp3) is 0.323. The van der Waals surface area contributed by atoms with Crippen LogP contribution in [0.5, 0.6) is 17.2 Å². The lowest BCUT2D eigenvalue weighted by atomic mass is 9.87. The smallest absolute Gasteiger partial charge is 0.224 e. The van der Waals surface area contributed by atoms with E-state index in [9.17, 15) is 4.79 Å². The van der Waals surface area contributed by atoms with Crippen molar-refractivity contribution in [2.45, 2.75) is 32.1 Å². The van der Waals surface area contributed by atoms with E-state index in [-0.39, 0.29) is 11.8 Å². The molecule has 4 aromatic rings. The van der Waals surface area contributed by atoms with Crippen LogP contribution in [-0.4, -0.2) is 50.3 Å². The minimum absolute atomic E-state index is 0.0115. The topological polar surface area (TPSA) is 85.8 Å². The third kappa shape index (κ3) is 5.36. The van der Waals surface area contributed by atoms with E-state index < -0.39 is 0 Å². The van der Waals surface area contributed by atoms with Crippen molar-refractivity contribution in [2.24, 2.45) is 0 Å². The van der Waals surface area contributed by atoms with Crippen LogP contribution in [0.1, 0.15) is 42.4 Å². The van der Waals surface area contributed by atoms with E-state index in [0.717, 1.165) is 51.3 Å². The molecule has 1 unspecified atom stereocenters. The molecule has 1 amide bonds. The van der Waals surface area contributed by atoms with Gasteiger partial charge in [0.05, 0.1) is 31.9 Å². The Morgan fingerprint density at radius 3 is 2.55 bits per heavy atom. The van der Waals surface area contributed by atoms with E-state index in [1.165, 1.54) is 0 Å². The van der Waals surface area contributed by atoms with Gasteiger partial charge < -0.3 is 24.4 Å². The van der Waals surface area contributed by atoms with Gasteiger partial charge in [-0.15, -0.1) is 0 Å². The number of anilines is 2.